The van der Waals surface area contributed by atoms with Crippen molar-refractivity contribution in [1.29, 1.82) is 0 Å². The summed E-state index contributed by atoms with van der Waals surface area (Å²) in [6, 6.07) is 0. The zero-order valence-corrected chi connectivity index (χ0v) is 15.3. The van der Waals surface area contributed by atoms with Crippen molar-refractivity contribution in [3.8, 4) is 0 Å². The number of aliphatic carboxylic acids is 1. The number of carboxylic acid groups (broad SMARTS) is 1. The van der Waals surface area contributed by atoms with Gasteiger partial charge in [-0.3, -0.25) is 4.79 Å². The normalized spacial score (nSPS) is 25.9. The minimum Gasteiger partial charge on any atom is -0.481 e. The molecule has 1 saturated carbocycles. The molecule has 1 fully saturated rings. The van der Waals surface area contributed by atoms with E-state index in [1.165, 1.54) is 25.7 Å². The molecule has 0 aliphatic heterocycles. The lowest BCUT2D eigenvalue weighted by Gasteiger charge is -2.44. The largest absolute Gasteiger partial charge is 0.481 e. The second kappa shape index (κ2) is 9.57. The van der Waals surface area contributed by atoms with E-state index in [9.17, 15) is 4.79 Å². The van der Waals surface area contributed by atoms with Gasteiger partial charge in [0.1, 0.15) is 0 Å². The molecule has 0 aromatic rings. The number of nitrogens with two attached hydrogens (primary N) is 1. The van der Waals surface area contributed by atoms with Crippen LogP contribution in [0.2, 0.25) is 0 Å². The fraction of sp³-hybridized carbons (Fsp3) is 0.833. The van der Waals surface area contributed by atoms with Gasteiger partial charge in [0.25, 0.3) is 0 Å². The van der Waals surface area contributed by atoms with Crippen LogP contribution in [0.25, 0.3) is 0 Å². The minimum absolute atomic E-state index is 0. The van der Waals surface area contributed by atoms with Gasteiger partial charge in [-0.15, -0.1) is 12.4 Å². The van der Waals surface area contributed by atoms with Crippen LogP contribution < -0.4 is 5.73 Å². The summed E-state index contributed by atoms with van der Waals surface area (Å²) in [5, 5.41) is 8.65. The number of halogens is 1. The second-order valence-corrected chi connectivity index (χ2v) is 7.79. The van der Waals surface area contributed by atoms with E-state index in [2.05, 4.69) is 26.8 Å². The van der Waals surface area contributed by atoms with Gasteiger partial charge in [0.05, 0.1) is 0 Å². The van der Waals surface area contributed by atoms with E-state index >= 15 is 0 Å². The summed E-state index contributed by atoms with van der Waals surface area (Å²) in [5.74, 6) is 0.0985. The van der Waals surface area contributed by atoms with Crippen molar-refractivity contribution in [2.75, 3.05) is 6.54 Å². The molecule has 3 nitrogen and oxygen atoms in total. The molecule has 0 bridgehead atoms. The molecule has 0 aromatic carbocycles. The SMILES string of the molecule is CC(C)(C)C1CCC(C/C=C\CCC(=O)O)(CCN)CC1.Cl. The smallest absolute Gasteiger partial charge is 0.303 e. The third-order valence-corrected chi connectivity index (χ3v) is 5.19. The maximum atomic E-state index is 10.5. The zero-order chi connectivity index (χ0) is 15.9. The summed E-state index contributed by atoms with van der Waals surface area (Å²) in [5.41, 5.74) is 6.60. The number of hydrogen-bond donors (Lipinski definition) is 2. The van der Waals surface area contributed by atoms with E-state index in [1.807, 2.05) is 6.08 Å². The molecule has 0 atom stereocenters. The van der Waals surface area contributed by atoms with Crippen LogP contribution in [-0.2, 0) is 4.79 Å². The van der Waals surface area contributed by atoms with E-state index in [4.69, 9.17) is 10.8 Å². The zero-order valence-electron chi connectivity index (χ0n) is 14.4. The average Bonchev–Trinajstić information content (AvgIpc) is 2.38. The van der Waals surface area contributed by atoms with Gasteiger partial charge in [-0.2, -0.15) is 0 Å². The third-order valence-electron chi connectivity index (χ3n) is 5.19. The van der Waals surface area contributed by atoms with Crippen LogP contribution in [-0.4, -0.2) is 17.6 Å². The average molecular weight is 332 g/mol. The van der Waals surface area contributed by atoms with E-state index in [1.54, 1.807) is 0 Å². The van der Waals surface area contributed by atoms with Gasteiger partial charge in [0.15, 0.2) is 0 Å². The molecule has 0 unspecified atom stereocenters. The number of allylic oxidation sites excluding steroid dienone is 2. The molecular formula is C18H34ClNO2. The highest BCUT2D eigenvalue weighted by atomic mass is 35.5. The summed E-state index contributed by atoms with van der Waals surface area (Å²) in [6.07, 6.45) is 12.3. The third kappa shape index (κ3) is 7.15. The predicted molar refractivity (Wildman–Crippen MR) is 95.4 cm³/mol. The Bertz CT molecular complexity index is 353. The topological polar surface area (TPSA) is 63.3 Å². The summed E-state index contributed by atoms with van der Waals surface area (Å²) < 4.78 is 0. The Morgan fingerprint density at radius 3 is 2.32 bits per heavy atom. The Balaban J connectivity index is 0.00000441. The minimum atomic E-state index is -0.720. The molecule has 0 spiro atoms. The van der Waals surface area contributed by atoms with Crippen molar-refractivity contribution >= 4 is 18.4 Å². The fourth-order valence-corrected chi connectivity index (χ4v) is 3.62. The van der Waals surface area contributed by atoms with Crippen LogP contribution in [0, 0.1) is 16.7 Å². The van der Waals surface area contributed by atoms with E-state index in [0.717, 1.165) is 25.3 Å². The molecule has 3 N–H and O–H groups in total. The molecule has 0 saturated heterocycles. The quantitative estimate of drug-likeness (QED) is 0.659. The first-order valence-corrected chi connectivity index (χ1v) is 8.36. The van der Waals surface area contributed by atoms with Gasteiger partial charge in [-0.25, -0.2) is 0 Å². The van der Waals surface area contributed by atoms with Crippen LogP contribution in [0.4, 0.5) is 0 Å². The van der Waals surface area contributed by atoms with Gasteiger partial charge >= 0.3 is 5.97 Å². The molecule has 1 rings (SSSR count). The lowest BCUT2D eigenvalue weighted by molar-refractivity contribution is -0.136. The number of carboxylic acids is 1. The van der Waals surface area contributed by atoms with Crippen molar-refractivity contribution in [3.05, 3.63) is 12.2 Å². The van der Waals surface area contributed by atoms with Crippen LogP contribution in [0.3, 0.4) is 0 Å². The van der Waals surface area contributed by atoms with Gasteiger partial charge in [0, 0.05) is 6.42 Å². The Kier molecular flexibility index (Phi) is 9.33. The first-order chi connectivity index (χ1) is 9.79. The van der Waals surface area contributed by atoms with Gasteiger partial charge in [-0.05, 0) is 68.2 Å². The number of hydrogen-bond acceptors (Lipinski definition) is 2. The number of rotatable bonds is 7. The summed E-state index contributed by atoms with van der Waals surface area (Å²) >= 11 is 0. The Morgan fingerprint density at radius 1 is 1.27 bits per heavy atom. The van der Waals surface area contributed by atoms with Crippen molar-refractivity contribution in [3.63, 3.8) is 0 Å². The standard InChI is InChI=1S/C18H33NO2.ClH/c1-17(2,3)15-8-11-18(12-9-15,13-14-19)10-6-4-5-7-16(20)21;/h4,6,15H,5,7-14,19H2,1-3H3,(H,20,21);1H/b6-4-;. The van der Waals surface area contributed by atoms with E-state index < -0.39 is 5.97 Å². The first kappa shape index (κ1) is 21.5. The van der Waals surface area contributed by atoms with Crippen molar-refractivity contribution in [1.82, 2.24) is 0 Å². The highest BCUT2D eigenvalue weighted by molar-refractivity contribution is 5.85. The monoisotopic (exact) mass is 331 g/mol. The molecule has 0 amide bonds. The van der Waals surface area contributed by atoms with E-state index in [0.29, 0.717) is 17.3 Å². The Hall–Kier alpha value is -0.540. The number of carbonyl (C=O) groups is 1. The lowest BCUT2D eigenvalue weighted by atomic mass is 9.62. The van der Waals surface area contributed by atoms with Gasteiger partial charge in [0.2, 0.25) is 0 Å². The summed E-state index contributed by atoms with van der Waals surface area (Å²) in [4.78, 5) is 10.5. The van der Waals surface area contributed by atoms with Crippen LogP contribution in [0.15, 0.2) is 12.2 Å². The highest BCUT2D eigenvalue weighted by Crippen LogP contribution is 2.48. The molecule has 4 heteroatoms. The predicted octanol–water partition coefficient (Wildman–Crippen LogP) is 4.79. The lowest BCUT2D eigenvalue weighted by Crippen LogP contribution is -2.33. The molecule has 0 aromatic heterocycles. The molecule has 0 radical (unpaired) electrons. The molecule has 22 heavy (non-hydrogen) atoms. The van der Waals surface area contributed by atoms with Crippen LogP contribution in [0.5, 0.6) is 0 Å². The maximum absolute atomic E-state index is 10.5. The van der Waals surface area contributed by atoms with Gasteiger partial charge < -0.3 is 10.8 Å². The second-order valence-electron chi connectivity index (χ2n) is 7.79. The highest BCUT2D eigenvalue weighted by Gasteiger charge is 2.37. The molecule has 1 aliphatic carbocycles. The van der Waals surface area contributed by atoms with Crippen molar-refractivity contribution < 1.29 is 9.90 Å². The molecule has 130 valence electrons. The van der Waals surface area contributed by atoms with Crippen LogP contribution >= 0.6 is 12.4 Å². The van der Waals surface area contributed by atoms with Crippen LogP contribution in [0.1, 0.15) is 72.1 Å². The summed E-state index contributed by atoms with van der Waals surface area (Å²) in [7, 11) is 0. The Labute approximate surface area is 142 Å². The molecular weight excluding hydrogens is 298 g/mol. The van der Waals surface area contributed by atoms with E-state index in [-0.39, 0.29) is 18.8 Å². The van der Waals surface area contributed by atoms with Crippen molar-refractivity contribution in [2.45, 2.75) is 72.1 Å². The van der Waals surface area contributed by atoms with Gasteiger partial charge in [-0.1, -0.05) is 32.9 Å². The Morgan fingerprint density at radius 2 is 1.86 bits per heavy atom. The first-order valence-electron chi connectivity index (χ1n) is 8.36. The van der Waals surface area contributed by atoms with Crippen molar-refractivity contribution in [2.24, 2.45) is 22.5 Å². The maximum Gasteiger partial charge on any atom is 0.303 e. The fourth-order valence-electron chi connectivity index (χ4n) is 3.62. The summed E-state index contributed by atoms with van der Waals surface area (Å²) in [6.45, 7) is 7.79. The molecule has 0 heterocycles. The molecule has 1 aliphatic rings.